The van der Waals surface area contributed by atoms with Crippen molar-refractivity contribution < 1.29 is 15.0 Å². The van der Waals surface area contributed by atoms with Gasteiger partial charge in [0, 0.05) is 11.6 Å². The Labute approximate surface area is 100.0 Å². The molecule has 17 heavy (non-hydrogen) atoms. The van der Waals surface area contributed by atoms with Crippen molar-refractivity contribution in [2.24, 2.45) is 0 Å². The van der Waals surface area contributed by atoms with Crippen molar-refractivity contribution in [3.63, 3.8) is 0 Å². The highest BCUT2D eigenvalue weighted by Crippen LogP contribution is 2.14. The summed E-state index contributed by atoms with van der Waals surface area (Å²) in [4.78, 5) is 10.1. The molecule has 0 unspecified atom stereocenters. The highest BCUT2D eigenvalue weighted by Gasteiger charge is 1.86. The number of aromatic hydroxyl groups is 2. The fourth-order valence-electron chi connectivity index (χ4n) is 1.14. The van der Waals surface area contributed by atoms with Crippen LogP contribution in [0, 0.1) is 6.92 Å². The van der Waals surface area contributed by atoms with Crippen LogP contribution in [0.4, 0.5) is 0 Å². The van der Waals surface area contributed by atoms with Gasteiger partial charge >= 0.3 is 0 Å². The molecule has 3 nitrogen and oxygen atoms in total. The molecule has 2 aromatic rings. The van der Waals surface area contributed by atoms with Gasteiger partial charge in [-0.15, -0.1) is 0 Å². The lowest BCUT2D eigenvalue weighted by Gasteiger charge is -1.89. The topological polar surface area (TPSA) is 57.5 Å². The van der Waals surface area contributed by atoms with Gasteiger partial charge in [0.15, 0.2) is 0 Å². The predicted molar refractivity (Wildman–Crippen MR) is 66.3 cm³/mol. The summed E-state index contributed by atoms with van der Waals surface area (Å²) in [6.07, 6.45) is 0.847. The zero-order valence-electron chi connectivity index (χ0n) is 9.50. The Hall–Kier alpha value is -2.29. The highest BCUT2D eigenvalue weighted by atomic mass is 16.3. The Kier molecular flexibility index (Phi) is 4.76. The minimum Gasteiger partial charge on any atom is -0.508 e. The summed E-state index contributed by atoms with van der Waals surface area (Å²) < 4.78 is 0. The molecule has 2 N–H and O–H groups in total. The molecule has 0 aliphatic carbocycles. The van der Waals surface area contributed by atoms with E-state index in [9.17, 15) is 4.79 Å². The second-order valence-electron chi connectivity index (χ2n) is 3.55. The molecule has 0 saturated carbocycles. The van der Waals surface area contributed by atoms with Gasteiger partial charge in [0.25, 0.3) is 0 Å². The first kappa shape index (κ1) is 12.8. The van der Waals surface area contributed by atoms with Gasteiger partial charge in [0.1, 0.15) is 17.8 Å². The molecule has 0 atom stereocenters. The summed E-state index contributed by atoms with van der Waals surface area (Å²) >= 11 is 0. The summed E-state index contributed by atoms with van der Waals surface area (Å²) in [5.41, 5.74) is 1.92. The molecule has 0 fully saturated rings. The van der Waals surface area contributed by atoms with E-state index in [0.29, 0.717) is 0 Å². The van der Waals surface area contributed by atoms with Crippen molar-refractivity contribution in [3.05, 3.63) is 59.7 Å². The molecule has 0 amide bonds. The third-order valence-electron chi connectivity index (χ3n) is 2.04. The van der Waals surface area contributed by atoms with Crippen LogP contribution >= 0.6 is 0 Å². The average molecular weight is 230 g/mol. The standard InChI is InChI=1S/C8H8O.C6H6O2/c1-7-2-4-8(6-9)5-3-7;7-5-2-1-3-6(8)4-5/h2-6H,1H3;1-4,7-8H. The van der Waals surface area contributed by atoms with Crippen LogP contribution in [0.25, 0.3) is 0 Å². The Balaban J connectivity index is 0.000000171. The van der Waals surface area contributed by atoms with E-state index in [-0.39, 0.29) is 11.5 Å². The first-order chi connectivity index (χ1) is 8.11. The van der Waals surface area contributed by atoms with Crippen LogP contribution < -0.4 is 0 Å². The Morgan fingerprint density at radius 1 is 0.941 bits per heavy atom. The molecule has 0 spiro atoms. The number of phenolic OH excluding ortho intramolecular Hbond substituents is 2. The van der Waals surface area contributed by atoms with Crippen LogP contribution in [0.5, 0.6) is 11.5 Å². The number of hydrogen-bond acceptors (Lipinski definition) is 3. The van der Waals surface area contributed by atoms with Crippen molar-refractivity contribution in [1.82, 2.24) is 0 Å². The monoisotopic (exact) mass is 230 g/mol. The van der Waals surface area contributed by atoms with Crippen molar-refractivity contribution >= 4 is 6.29 Å². The van der Waals surface area contributed by atoms with E-state index in [1.807, 2.05) is 31.2 Å². The molecule has 0 saturated heterocycles. The Morgan fingerprint density at radius 3 is 1.82 bits per heavy atom. The second-order valence-corrected chi connectivity index (χ2v) is 3.55. The number of benzene rings is 2. The maximum Gasteiger partial charge on any atom is 0.150 e. The number of carbonyl (C=O) groups is 1. The number of carbonyl (C=O) groups excluding carboxylic acids is 1. The third kappa shape index (κ3) is 4.84. The molecule has 0 bridgehead atoms. The number of hydrogen-bond donors (Lipinski definition) is 2. The zero-order valence-corrected chi connectivity index (χ0v) is 9.50. The van der Waals surface area contributed by atoms with E-state index >= 15 is 0 Å². The van der Waals surface area contributed by atoms with Crippen LogP contribution in [0.15, 0.2) is 48.5 Å². The van der Waals surface area contributed by atoms with Gasteiger partial charge in [-0.3, -0.25) is 4.79 Å². The molecule has 88 valence electrons. The predicted octanol–water partition coefficient (Wildman–Crippen LogP) is 2.91. The summed E-state index contributed by atoms with van der Waals surface area (Å²) in [6.45, 7) is 1.99. The van der Waals surface area contributed by atoms with E-state index in [2.05, 4.69) is 0 Å². The number of aryl methyl sites for hydroxylation is 1. The molecular formula is C14H14O3. The lowest BCUT2D eigenvalue weighted by atomic mass is 10.2. The van der Waals surface area contributed by atoms with Crippen molar-refractivity contribution in [1.29, 1.82) is 0 Å². The number of rotatable bonds is 1. The molecule has 0 radical (unpaired) electrons. The normalized spacial score (nSPS) is 9.00. The fourth-order valence-corrected chi connectivity index (χ4v) is 1.14. The van der Waals surface area contributed by atoms with Gasteiger partial charge in [-0.1, -0.05) is 35.9 Å². The fraction of sp³-hybridized carbons (Fsp3) is 0.0714. The van der Waals surface area contributed by atoms with E-state index in [0.717, 1.165) is 11.8 Å². The van der Waals surface area contributed by atoms with Crippen molar-refractivity contribution in [2.45, 2.75) is 6.92 Å². The quantitative estimate of drug-likeness (QED) is 0.740. The van der Waals surface area contributed by atoms with Gasteiger partial charge in [-0.05, 0) is 19.1 Å². The van der Waals surface area contributed by atoms with E-state index in [4.69, 9.17) is 10.2 Å². The maximum absolute atomic E-state index is 10.1. The Bertz CT molecular complexity index is 458. The van der Waals surface area contributed by atoms with Gasteiger partial charge in [0.05, 0.1) is 0 Å². The largest absolute Gasteiger partial charge is 0.508 e. The molecular weight excluding hydrogens is 216 g/mol. The van der Waals surface area contributed by atoms with Gasteiger partial charge in [0.2, 0.25) is 0 Å². The van der Waals surface area contributed by atoms with E-state index in [1.165, 1.54) is 23.8 Å². The van der Waals surface area contributed by atoms with Crippen LogP contribution in [0.1, 0.15) is 15.9 Å². The van der Waals surface area contributed by atoms with Gasteiger partial charge < -0.3 is 10.2 Å². The van der Waals surface area contributed by atoms with Crippen LogP contribution in [-0.4, -0.2) is 16.5 Å². The van der Waals surface area contributed by atoms with Crippen LogP contribution in [0.2, 0.25) is 0 Å². The SMILES string of the molecule is Cc1ccc(C=O)cc1.Oc1cccc(O)c1. The minimum absolute atomic E-state index is 0.0880. The first-order valence-corrected chi connectivity index (χ1v) is 5.11. The van der Waals surface area contributed by atoms with Gasteiger partial charge in [-0.25, -0.2) is 0 Å². The summed E-state index contributed by atoms with van der Waals surface area (Å²) in [6, 6.07) is 13.3. The minimum atomic E-state index is 0.0880. The lowest BCUT2D eigenvalue weighted by Crippen LogP contribution is -1.77. The van der Waals surface area contributed by atoms with Gasteiger partial charge in [-0.2, -0.15) is 0 Å². The lowest BCUT2D eigenvalue weighted by molar-refractivity contribution is 0.112. The molecule has 0 aliphatic heterocycles. The third-order valence-corrected chi connectivity index (χ3v) is 2.04. The molecule has 0 aliphatic rings. The summed E-state index contributed by atoms with van der Waals surface area (Å²) in [5.74, 6) is 0.176. The second kappa shape index (κ2) is 6.33. The molecule has 3 heteroatoms. The number of aldehydes is 1. The molecule has 2 rings (SSSR count). The molecule has 2 aromatic carbocycles. The van der Waals surface area contributed by atoms with Crippen molar-refractivity contribution in [2.75, 3.05) is 0 Å². The van der Waals surface area contributed by atoms with E-state index < -0.39 is 0 Å². The Morgan fingerprint density at radius 2 is 1.47 bits per heavy atom. The van der Waals surface area contributed by atoms with E-state index in [1.54, 1.807) is 6.07 Å². The highest BCUT2D eigenvalue weighted by molar-refractivity contribution is 5.74. The zero-order chi connectivity index (χ0) is 12.7. The van der Waals surface area contributed by atoms with Crippen LogP contribution in [-0.2, 0) is 0 Å². The van der Waals surface area contributed by atoms with Crippen LogP contribution in [0.3, 0.4) is 0 Å². The summed E-state index contributed by atoms with van der Waals surface area (Å²) in [7, 11) is 0. The average Bonchev–Trinajstić information content (AvgIpc) is 2.30. The smallest absolute Gasteiger partial charge is 0.150 e. The molecule has 0 aromatic heterocycles. The summed E-state index contributed by atoms with van der Waals surface area (Å²) in [5, 5.41) is 17.3. The maximum atomic E-state index is 10.1. The first-order valence-electron chi connectivity index (χ1n) is 5.11. The van der Waals surface area contributed by atoms with Crippen molar-refractivity contribution in [3.8, 4) is 11.5 Å². The molecule has 0 heterocycles. The number of phenols is 2.